The number of nitrogens with zero attached hydrogens (tertiary/aromatic N) is 1. The van der Waals surface area contributed by atoms with Gasteiger partial charge in [0.25, 0.3) is 0 Å². The van der Waals surface area contributed by atoms with Crippen LogP contribution in [0.1, 0.15) is 5.56 Å². The fourth-order valence-electron chi connectivity index (χ4n) is 1.04. The van der Waals surface area contributed by atoms with Crippen molar-refractivity contribution >= 4 is 20.6 Å². The van der Waals surface area contributed by atoms with Gasteiger partial charge in [-0.3, -0.25) is 9.11 Å². The summed E-state index contributed by atoms with van der Waals surface area (Å²) in [5, 5.41) is 0. The Kier molecular flexibility index (Phi) is 4.19. The lowest BCUT2D eigenvalue weighted by atomic mass is 10.2. The molecule has 8 nitrogen and oxygen atoms in total. The Hall–Kier alpha value is -1.04. The third kappa shape index (κ3) is 5.21. The van der Waals surface area contributed by atoms with E-state index in [0.29, 0.717) is 5.56 Å². The summed E-state index contributed by atoms with van der Waals surface area (Å²) in [7, 11) is -9.60. The average Bonchev–Trinajstić information content (AvgIpc) is 2.15. The first-order valence-electron chi connectivity index (χ1n) is 4.22. The topological polar surface area (TPSA) is 124 Å². The van der Waals surface area contributed by atoms with E-state index in [1.807, 2.05) is 0 Å². The molecule has 0 radical (unpaired) electrons. The molecular formula is C7H10N2O6S2. The summed E-state index contributed by atoms with van der Waals surface area (Å²) in [6.07, 6.45) is 0. The zero-order valence-electron chi connectivity index (χ0n) is 8.38. The largest absolute Gasteiger partial charge is 0.350 e. The quantitative estimate of drug-likeness (QED) is 0.498. The predicted molar refractivity (Wildman–Crippen MR) is 58.2 cm³/mol. The molecule has 17 heavy (non-hydrogen) atoms. The van der Waals surface area contributed by atoms with Crippen molar-refractivity contribution < 1.29 is 25.9 Å². The molecule has 0 amide bonds. The van der Waals surface area contributed by atoms with E-state index < -0.39 is 27.2 Å². The van der Waals surface area contributed by atoms with E-state index in [0.717, 1.165) is 0 Å². The maximum absolute atomic E-state index is 10.9. The Labute approximate surface area is 98.6 Å². The summed E-state index contributed by atoms with van der Waals surface area (Å²) in [6.45, 7) is -0.459. The van der Waals surface area contributed by atoms with E-state index in [2.05, 4.69) is 0 Å². The smallest absolute Gasteiger partial charge is 0.273 e. The molecule has 0 aliphatic carbocycles. The third-order valence-electron chi connectivity index (χ3n) is 1.66. The lowest BCUT2D eigenvalue weighted by molar-refractivity contribution is 0.306. The summed E-state index contributed by atoms with van der Waals surface area (Å²) < 4.78 is 60.0. The Morgan fingerprint density at radius 1 is 1.06 bits per heavy atom. The summed E-state index contributed by atoms with van der Waals surface area (Å²) in [5.74, 6) is 0. The molecule has 10 heteroatoms. The van der Waals surface area contributed by atoms with Gasteiger partial charge in [-0.2, -0.15) is 16.8 Å². The fourth-order valence-corrected chi connectivity index (χ4v) is 2.33. The molecule has 0 saturated carbocycles. The molecule has 3 N–H and O–H groups in total. The molecule has 1 aromatic carbocycles. The number of nitrogens with one attached hydrogen (secondary N) is 1. The van der Waals surface area contributed by atoms with Crippen LogP contribution in [0.5, 0.6) is 0 Å². The Balaban J connectivity index is 2.94. The van der Waals surface area contributed by atoms with Crippen molar-refractivity contribution in [3.8, 4) is 0 Å². The lowest BCUT2D eigenvalue weighted by Gasteiger charge is -2.17. The van der Waals surface area contributed by atoms with Gasteiger partial charge in [-0.05, 0) is 5.56 Å². The Morgan fingerprint density at radius 3 is 2.00 bits per heavy atom. The van der Waals surface area contributed by atoms with Crippen molar-refractivity contribution in [2.24, 2.45) is 0 Å². The van der Waals surface area contributed by atoms with E-state index in [9.17, 15) is 16.8 Å². The highest BCUT2D eigenvalue weighted by atomic mass is 32.2. The van der Waals surface area contributed by atoms with E-state index in [1.165, 1.54) is 17.0 Å². The van der Waals surface area contributed by atoms with Crippen molar-refractivity contribution in [2.45, 2.75) is 6.54 Å². The monoisotopic (exact) mass is 282 g/mol. The van der Waals surface area contributed by atoms with Crippen LogP contribution in [0.25, 0.3) is 0 Å². The minimum absolute atomic E-state index is 0.00231. The van der Waals surface area contributed by atoms with E-state index >= 15 is 0 Å². The standard InChI is InChI=1S/C7H10N2O6S2/c10-16(11,12)8-9(17(13,14)15)6-7-4-2-1-3-5-7/h1-5,8H,6H2,(H,10,11,12)(H,13,14,15). The second-order valence-corrected chi connectivity index (χ2v) is 5.51. The molecule has 0 spiro atoms. The SMILES string of the molecule is O=S(=O)(O)NN(Cc1ccccc1)S(=O)(=O)O. The first-order valence-corrected chi connectivity index (χ1v) is 7.06. The van der Waals surface area contributed by atoms with Crippen LogP contribution < -0.4 is 4.83 Å². The predicted octanol–water partition coefficient (Wildman–Crippen LogP) is -0.401. The van der Waals surface area contributed by atoms with Crippen LogP contribution in [-0.4, -0.2) is 30.4 Å². The van der Waals surface area contributed by atoms with Gasteiger partial charge in [-0.1, -0.05) is 34.7 Å². The molecule has 0 heterocycles. The van der Waals surface area contributed by atoms with Crippen molar-refractivity contribution in [3.63, 3.8) is 0 Å². The molecule has 1 rings (SSSR count). The first-order chi connectivity index (χ1) is 7.68. The minimum Gasteiger partial charge on any atom is -0.273 e. The fraction of sp³-hybridized carbons (Fsp3) is 0.143. The molecule has 0 saturated heterocycles. The van der Waals surface area contributed by atoms with Gasteiger partial charge in [0.15, 0.2) is 0 Å². The number of hydrogen-bond acceptors (Lipinski definition) is 4. The zero-order chi connectivity index (χ0) is 13.1. The highest BCUT2D eigenvalue weighted by molar-refractivity contribution is 7.86. The van der Waals surface area contributed by atoms with Crippen molar-refractivity contribution in [1.82, 2.24) is 9.25 Å². The highest BCUT2D eigenvalue weighted by Crippen LogP contribution is 2.06. The summed E-state index contributed by atoms with van der Waals surface area (Å²) in [4.78, 5) is 1.27. The molecule has 0 aliphatic heterocycles. The van der Waals surface area contributed by atoms with Gasteiger partial charge < -0.3 is 0 Å². The van der Waals surface area contributed by atoms with Crippen molar-refractivity contribution in [1.29, 1.82) is 0 Å². The third-order valence-corrected chi connectivity index (χ3v) is 3.01. The molecule has 0 bridgehead atoms. The Bertz CT molecular complexity index is 568. The number of hydrazine groups is 1. The summed E-state index contributed by atoms with van der Waals surface area (Å²) >= 11 is 0. The van der Waals surface area contributed by atoms with E-state index in [1.54, 1.807) is 18.2 Å². The summed E-state index contributed by atoms with van der Waals surface area (Å²) in [5.41, 5.74) is 0.418. The van der Waals surface area contributed by atoms with Gasteiger partial charge in [-0.25, -0.2) is 0 Å². The van der Waals surface area contributed by atoms with Crippen LogP contribution in [0.3, 0.4) is 0 Å². The molecule has 0 atom stereocenters. The van der Waals surface area contributed by atoms with E-state index in [4.69, 9.17) is 9.11 Å². The number of rotatable bonds is 5. The number of benzene rings is 1. The molecule has 1 aromatic rings. The van der Waals surface area contributed by atoms with Gasteiger partial charge in [0.1, 0.15) is 0 Å². The van der Waals surface area contributed by atoms with Gasteiger partial charge in [0, 0.05) is 0 Å². The van der Waals surface area contributed by atoms with Crippen molar-refractivity contribution in [2.75, 3.05) is 0 Å². The minimum atomic E-state index is -4.81. The van der Waals surface area contributed by atoms with Crippen LogP contribution in [0.2, 0.25) is 0 Å². The highest BCUT2D eigenvalue weighted by Gasteiger charge is 2.23. The molecule has 0 aliphatic rings. The molecular weight excluding hydrogens is 272 g/mol. The number of hydrogen-bond donors (Lipinski definition) is 3. The maximum Gasteiger partial charge on any atom is 0.350 e. The van der Waals surface area contributed by atoms with E-state index in [-0.39, 0.29) is 4.41 Å². The van der Waals surface area contributed by atoms with Crippen LogP contribution in [0.4, 0.5) is 0 Å². The van der Waals surface area contributed by atoms with Gasteiger partial charge in [-0.15, -0.1) is 4.83 Å². The molecule has 0 unspecified atom stereocenters. The normalized spacial score (nSPS) is 12.9. The Morgan fingerprint density at radius 2 is 1.59 bits per heavy atom. The first kappa shape index (κ1) is 14.0. The van der Waals surface area contributed by atoms with Gasteiger partial charge in [0.2, 0.25) is 0 Å². The summed E-state index contributed by atoms with van der Waals surface area (Å²) in [6, 6.07) is 7.92. The van der Waals surface area contributed by atoms with Crippen molar-refractivity contribution in [3.05, 3.63) is 35.9 Å². The van der Waals surface area contributed by atoms with Gasteiger partial charge >= 0.3 is 20.6 Å². The molecule has 0 aromatic heterocycles. The van der Waals surface area contributed by atoms with Gasteiger partial charge in [0.05, 0.1) is 6.54 Å². The van der Waals surface area contributed by atoms with Crippen LogP contribution >= 0.6 is 0 Å². The second kappa shape index (κ2) is 5.08. The average molecular weight is 282 g/mol. The van der Waals surface area contributed by atoms with Crippen LogP contribution in [0, 0.1) is 0 Å². The van der Waals surface area contributed by atoms with Crippen LogP contribution in [-0.2, 0) is 27.2 Å². The second-order valence-electron chi connectivity index (χ2n) is 3.04. The molecule has 96 valence electrons. The molecule has 0 fully saturated rings. The maximum atomic E-state index is 10.9. The zero-order valence-corrected chi connectivity index (χ0v) is 10.0. The van der Waals surface area contributed by atoms with Crippen LogP contribution in [0.15, 0.2) is 30.3 Å². The lowest BCUT2D eigenvalue weighted by Crippen LogP contribution is -2.44.